The molecule has 194 valence electrons. The summed E-state index contributed by atoms with van der Waals surface area (Å²) in [7, 11) is -2.32. The zero-order valence-electron chi connectivity index (χ0n) is 20.0. The Morgan fingerprint density at radius 1 is 1.17 bits per heavy atom. The Balaban J connectivity index is 1.37. The lowest BCUT2D eigenvalue weighted by atomic mass is 9.96. The van der Waals surface area contributed by atoms with Crippen molar-refractivity contribution < 1.29 is 37.3 Å². The van der Waals surface area contributed by atoms with Gasteiger partial charge in [-0.05, 0) is 55.0 Å². The maximum Gasteiger partial charge on any atom is 0.288 e. The number of rotatable bonds is 11. The van der Waals surface area contributed by atoms with Crippen LogP contribution in [0.1, 0.15) is 19.3 Å². The van der Waals surface area contributed by atoms with Crippen molar-refractivity contribution in [3.05, 3.63) is 36.1 Å². The highest BCUT2D eigenvalue weighted by molar-refractivity contribution is 7.89. The van der Waals surface area contributed by atoms with E-state index in [4.69, 9.17) is 18.9 Å². The molecule has 1 aliphatic carbocycles. The van der Waals surface area contributed by atoms with Crippen LogP contribution in [-0.2, 0) is 29.0 Å². The molecular formula is C24H34N2O8S. The SMILES string of the molecule is COc1ccc(S(=O)(=O)N(CCO)CCO[C@@H]2C[C@H](C3CC3)C=C(C(=O)N3CCOCC3)O2)cc1. The number of carbonyl (C=O) groups excluding carboxylic acids is 1. The van der Waals surface area contributed by atoms with Gasteiger partial charge in [0.25, 0.3) is 5.91 Å². The molecule has 11 heteroatoms. The molecule has 2 atom stereocenters. The van der Waals surface area contributed by atoms with Crippen LogP contribution in [0.15, 0.2) is 41.0 Å². The predicted molar refractivity (Wildman–Crippen MR) is 126 cm³/mol. The fourth-order valence-electron chi connectivity index (χ4n) is 4.36. The first kappa shape index (κ1) is 25.9. The van der Waals surface area contributed by atoms with Crippen LogP contribution in [0.25, 0.3) is 0 Å². The Labute approximate surface area is 206 Å². The van der Waals surface area contributed by atoms with Crippen LogP contribution in [0.5, 0.6) is 5.75 Å². The third-order valence-corrected chi connectivity index (χ3v) is 8.43. The summed E-state index contributed by atoms with van der Waals surface area (Å²) in [6.07, 6.45) is 4.16. The fourth-order valence-corrected chi connectivity index (χ4v) is 5.77. The minimum absolute atomic E-state index is 0.0410. The second-order valence-corrected chi connectivity index (χ2v) is 10.8. The Morgan fingerprint density at radius 3 is 2.51 bits per heavy atom. The molecule has 3 aliphatic rings. The van der Waals surface area contributed by atoms with Crippen LogP contribution in [-0.4, -0.2) is 94.6 Å². The molecule has 4 rings (SSSR count). The topological polar surface area (TPSA) is 115 Å². The predicted octanol–water partition coefficient (Wildman–Crippen LogP) is 1.21. The van der Waals surface area contributed by atoms with Crippen molar-refractivity contribution in [1.82, 2.24) is 9.21 Å². The summed E-state index contributed by atoms with van der Waals surface area (Å²) < 4.78 is 49.7. The lowest BCUT2D eigenvalue weighted by Gasteiger charge is -2.33. The number of sulfonamides is 1. The molecule has 1 saturated heterocycles. The Kier molecular flexibility index (Phi) is 8.66. The molecule has 2 heterocycles. The minimum Gasteiger partial charge on any atom is -0.497 e. The van der Waals surface area contributed by atoms with Crippen molar-refractivity contribution in [2.75, 3.05) is 59.7 Å². The van der Waals surface area contributed by atoms with Crippen molar-refractivity contribution in [1.29, 1.82) is 0 Å². The van der Waals surface area contributed by atoms with E-state index in [1.807, 2.05) is 6.08 Å². The van der Waals surface area contributed by atoms with Crippen LogP contribution in [0.2, 0.25) is 0 Å². The molecule has 1 saturated carbocycles. The molecule has 0 radical (unpaired) electrons. The average molecular weight is 511 g/mol. The highest BCUT2D eigenvalue weighted by Gasteiger charge is 2.38. The van der Waals surface area contributed by atoms with Gasteiger partial charge in [0.15, 0.2) is 5.76 Å². The maximum absolute atomic E-state index is 13.1. The van der Waals surface area contributed by atoms with Gasteiger partial charge in [-0.15, -0.1) is 0 Å². The second-order valence-electron chi connectivity index (χ2n) is 8.89. The third-order valence-electron chi connectivity index (χ3n) is 6.52. The monoisotopic (exact) mass is 510 g/mol. The number of aliphatic hydroxyl groups excluding tert-OH is 1. The molecule has 10 nitrogen and oxygen atoms in total. The molecule has 0 bridgehead atoms. The molecule has 1 aromatic carbocycles. The number of amides is 1. The van der Waals surface area contributed by atoms with Crippen LogP contribution in [0, 0.1) is 11.8 Å². The first-order valence-corrected chi connectivity index (χ1v) is 13.5. The number of allylic oxidation sites excluding steroid dienone is 1. The van der Waals surface area contributed by atoms with Crippen molar-refractivity contribution in [2.24, 2.45) is 11.8 Å². The average Bonchev–Trinajstić information content (AvgIpc) is 3.74. The standard InChI is InChI=1S/C24H34N2O8S/c1-31-20-4-6-21(7-5-20)35(29,30)26(8-12-27)11-15-33-23-17-19(18-2-3-18)16-22(34-23)24(28)25-9-13-32-14-10-25/h4-7,16,18-19,23,27H,2-3,8-15,17H2,1H3/t19-,23+/m1/s1. The summed E-state index contributed by atoms with van der Waals surface area (Å²) in [4.78, 5) is 14.8. The van der Waals surface area contributed by atoms with Gasteiger partial charge in [0, 0.05) is 32.6 Å². The van der Waals surface area contributed by atoms with Gasteiger partial charge in [0.05, 0.1) is 38.4 Å². The number of ether oxygens (including phenoxy) is 4. The van der Waals surface area contributed by atoms with Crippen LogP contribution in [0.3, 0.4) is 0 Å². The molecular weight excluding hydrogens is 476 g/mol. The number of hydrogen-bond acceptors (Lipinski definition) is 8. The number of methoxy groups -OCH3 is 1. The number of morpholine rings is 1. The summed E-state index contributed by atoms with van der Waals surface area (Å²) in [5.41, 5.74) is 0. The van der Waals surface area contributed by atoms with Gasteiger partial charge in [0.1, 0.15) is 5.75 Å². The molecule has 2 fully saturated rings. The van der Waals surface area contributed by atoms with E-state index >= 15 is 0 Å². The van der Waals surface area contributed by atoms with E-state index in [1.165, 1.54) is 23.5 Å². The van der Waals surface area contributed by atoms with Crippen molar-refractivity contribution in [3.8, 4) is 5.75 Å². The molecule has 1 aromatic rings. The summed E-state index contributed by atoms with van der Waals surface area (Å²) >= 11 is 0. The molecule has 1 amide bonds. The number of benzene rings is 1. The molecule has 0 aromatic heterocycles. The Morgan fingerprint density at radius 2 is 1.89 bits per heavy atom. The van der Waals surface area contributed by atoms with E-state index in [9.17, 15) is 18.3 Å². The molecule has 0 spiro atoms. The van der Waals surface area contributed by atoms with Gasteiger partial charge >= 0.3 is 0 Å². The minimum atomic E-state index is -3.83. The molecule has 2 aliphatic heterocycles. The van der Waals surface area contributed by atoms with Gasteiger partial charge in [-0.3, -0.25) is 4.79 Å². The summed E-state index contributed by atoms with van der Waals surface area (Å²) in [6, 6.07) is 6.10. The Bertz CT molecular complexity index is 987. The first-order valence-electron chi connectivity index (χ1n) is 12.0. The van der Waals surface area contributed by atoms with Gasteiger partial charge in [-0.25, -0.2) is 8.42 Å². The van der Waals surface area contributed by atoms with E-state index in [1.54, 1.807) is 17.0 Å². The number of hydrogen-bond donors (Lipinski definition) is 1. The maximum atomic E-state index is 13.1. The molecule has 1 N–H and O–H groups in total. The number of nitrogens with zero attached hydrogens (tertiary/aromatic N) is 2. The van der Waals surface area contributed by atoms with Gasteiger partial charge < -0.3 is 29.0 Å². The zero-order valence-corrected chi connectivity index (χ0v) is 20.8. The summed E-state index contributed by atoms with van der Waals surface area (Å²) in [6.45, 7) is 1.80. The van der Waals surface area contributed by atoms with Crippen LogP contribution >= 0.6 is 0 Å². The summed E-state index contributed by atoms with van der Waals surface area (Å²) in [5, 5.41) is 9.45. The Hall–Kier alpha value is -2.18. The van der Waals surface area contributed by atoms with Gasteiger partial charge in [0.2, 0.25) is 16.3 Å². The second kappa shape index (κ2) is 11.7. The van der Waals surface area contributed by atoms with Crippen molar-refractivity contribution in [2.45, 2.75) is 30.4 Å². The van der Waals surface area contributed by atoms with E-state index in [0.717, 1.165) is 12.8 Å². The van der Waals surface area contributed by atoms with Crippen molar-refractivity contribution >= 4 is 15.9 Å². The number of carbonyl (C=O) groups is 1. The van der Waals surface area contributed by atoms with Crippen LogP contribution < -0.4 is 4.74 Å². The quantitative estimate of drug-likeness (QED) is 0.473. The van der Waals surface area contributed by atoms with Crippen LogP contribution in [0.4, 0.5) is 0 Å². The third kappa shape index (κ3) is 6.53. The smallest absolute Gasteiger partial charge is 0.288 e. The van der Waals surface area contributed by atoms with E-state index in [2.05, 4.69) is 0 Å². The lowest BCUT2D eigenvalue weighted by Crippen LogP contribution is -2.43. The van der Waals surface area contributed by atoms with E-state index in [-0.39, 0.29) is 43.0 Å². The normalized spacial score (nSPS) is 23.1. The number of aliphatic hydroxyl groups is 1. The van der Waals surface area contributed by atoms with E-state index in [0.29, 0.717) is 50.2 Å². The molecule has 35 heavy (non-hydrogen) atoms. The van der Waals surface area contributed by atoms with Gasteiger partial charge in [-0.2, -0.15) is 4.31 Å². The first-order chi connectivity index (χ1) is 16.9. The van der Waals surface area contributed by atoms with Gasteiger partial charge in [-0.1, -0.05) is 0 Å². The zero-order chi connectivity index (χ0) is 24.8. The highest BCUT2D eigenvalue weighted by Crippen LogP contribution is 2.43. The molecule has 0 unspecified atom stereocenters. The van der Waals surface area contributed by atoms with Crippen molar-refractivity contribution in [3.63, 3.8) is 0 Å². The fraction of sp³-hybridized carbons (Fsp3) is 0.625. The summed E-state index contributed by atoms with van der Waals surface area (Å²) in [5.74, 6) is 1.43. The largest absolute Gasteiger partial charge is 0.497 e. The van der Waals surface area contributed by atoms with E-state index < -0.39 is 16.3 Å². The highest BCUT2D eigenvalue weighted by atomic mass is 32.2. The lowest BCUT2D eigenvalue weighted by molar-refractivity contribution is -0.158.